The van der Waals surface area contributed by atoms with Gasteiger partial charge in [0.1, 0.15) is 11.5 Å². The zero-order valence-corrected chi connectivity index (χ0v) is 13.1. The second-order valence-electron chi connectivity index (χ2n) is 4.89. The summed E-state index contributed by atoms with van der Waals surface area (Å²) >= 11 is 0. The molecule has 1 aromatic carbocycles. The first-order valence-corrected chi connectivity index (χ1v) is 7.45. The average molecular weight is 274 g/mol. The maximum absolute atomic E-state index is 5.78. The van der Waals surface area contributed by atoms with E-state index in [2.05, 4.69) is 26.0 Å². The number of hydrogen-bond donors (Lipinski definition) is 0. The van der Waals surface area contributed by atoms with Gasteiger partial charge in [0.25, 0.3) is 0 Å². The SMILES string of the molecule is CCCC=C(C)Oc1cccc(OC(C)=CCCC)c1. The molecule has 0 heterocycles. The van der Waals surface area contributed by atoms with Gasteiger partial charge >= 0.3 is 0 Å². The highest BCUT2D eigenvalue weighted by atomic mass is 16.5. The van der Waals surface area contributed by atoms with E-state index in [1.807, 2.05) is 38.1 Å². The van der Waals surface area contributed by atoms with Crippen LogP contribution in [0.25, 0.3) is 0 Å². The quantitative estimate of drug-likeness (QED) is 0.553. The summed E-state index contributed by atoms with van der Waals surface area (Å²) in [7, 11) is 0. The molecule has 0 aliphatic rings. The van der Waals surface area contributed by atoms with E-state index in [-0.39, 0.29) is 0 Å². The van der Waals surface area contributed by atoms with Gasteiger partial charge in [-0.3, -0.25) is 0 Å². The van der Waals surface area contributed by atoms with Gasteiger partial charge in [0.05, 0.1) is 11.5 Å². The Morgan fingerprint density at radius 3 is 1.75 bits per heavy atom. The first-order valence-electron chi connectivity index (χ1n) is 7.45. The van der Waals surface area contributed by atoms with E-state index in [1.165, 1.54) is 0 Å². The molecular formula is C18H26O2. The van der Waals surface area contributed by atoms with Crippen LogP contribution in [0.5, 0.6) is 11.5 Å². The third-order valence-corrected chi connectivity index (χ3v) is 2.80. The zero-order valence-electron chi connectivity index (χ0n) is 13.1. The van der Waals surface area contributed by atoms with E-state index in [4.69, 9.17) is 9.47 Å². The van der Waals surface area contributed by atoms with Crippen LogP contribution in [0.1, 0.15) is 53.4 Å². The minimum Gasteiger partial charge on any atom is -0.462 e. The molecule has 0 atom stereocenters. The van der Waals surface area contributed by atoms with Crippen LogP contribution in [0.2, 0.25) is 0 Å². The molecule has 0 fully saturated rings. The van der Waals surface area contributed by atoms with Gasteiger partial charge in [0.15, 0.2) is 0 Å². The smallest absolute Gasteiger partial charge is 0.130 e. The van der Waals surface area contributed by atoms with Crippen molar-refractivity contribution >= 4 is 0 Å². The second-order valence-corrected chi connectivity index (χ2v) is 4.89. The van der Waals surface area contributed by atoms with E-state index in [9.17, 15) is 0 Å². The minimum absolute atomic E-state index is 0.815. The predicted molar refractivity (Wildman–Crippen MR) is 85.0 cm³/mol. The summed E-state index contributed by atoms with van der Waals surface area (Å²) in [5.41, 5.74) is 0. The number of benzene rings is 1. The number of unbranched alkanes of at least 4 members (excludes halogenated alkanes) is 2. The number of allylic oxidation sites excluding steroid dienone is 4. The molecule has 1 aromatic rings. The molecule has 0 aliphatic carbocycles. The van der Waals surface area contributed by atoms with E-state index >= 15 is 0 Å². The van der Waals surface area contributed by atoms with Crippen molar-refractivity contribution in [2.75, 3.05) is 0 Å². The minimum atomic E-state index is 0.815. The Morgan fingerprint density at radius 1 is 0.900 bits per heavy atom. The molecule has 0 saturated heterocycles. The fraction of sp³-hybridized carbons (Fsp3) is 0.444. The normalized spacial score (nSPS) is 12.4. The Labute approximate surface area is 123 Å². The van der Waals surface area contributed by atoms with Crippen molar-refractivity contribution in [2.24, 2.45) is 0 Å². The summed E-state index contributed by atoms with van der Waals surface area (Å²) in [4.78, 5) is 0. The van der Waals surface area contributed by atoms with Gasteiger partial charge in [0, 0.05) is 6.07 Å². The predicted octanol–water partition coefficient (Wildman–Crippen LogP) is 5.85. The van der Waals surface area contributed by atoms with Crippen LogP contribution in [0.15, 0.2) is 47.9 Å². The summed E-state index contributed by atoms with van der Waals surface area (Å²) in [6.45, 7) is 8.28. The van der Waals surface area contributed by atoms with E-state index < -0.39 is 0 Å². The molecule has 2 heteroatoms. The molecular weight excluding hydrogens is 248 g/mol. The molecule has 0 amide bonds. The van der Waals surface area contributed by atoms with Gasteiger partial charge < -0.3 is 9.47 Å². The molecule has 20 heavy (non-hydrogen) atoms. The first kappa shape index (κ1) is 16.4. The second kappa shape index (κ2) is 9.24. The van der Waals surface area contributed by atoms with E-state index in [0.29, 0.717) is 0 Å². The molecule has 0 aliphatic heterocycles. The van der Waals surface area contributed by atoms with Crippen LogP contribution in [-0.2, 0) is 0 Å². The molecule has 0 aromatic heterocycles. The van der Waals surface area contributed by atoms with E-state index in [1.54, 1.807) is 0 Å². The van der Waals surface area contributed by atoms with Crippen molar-refractivity contribution in [3.05, 3.63) is 47.9 Å². The maximum atomic E-state index is 5.78. The number of hydrogen-bond acceptors (Lipinski definition) is 2. The highest BCUT2D eigenvalue weighted by Gasteiger charge is 2.00. The van der Waals surface area contributed by atoms with E-state index in [0.717, 1.165) is 48.7 Å². The molecule has 2 nitrogen and oxygen atoms in total. The highest BCUT2D eigenvalue weighted by Crippen LogP contribution is 2.23. The molecule has 0 unspecified atom stereocenters. The standard InChI is InChI=1S/C18H26O2/c1-5-7-10-15(3)19-17-12-9-13-18(14-17)20-16(4)11-8-6-2/h9-14H,5-8H2,1-4H3. The van der Waals surface area contributed by atoms with Crippen LogP contribution in [0.4, 0.5) is 0 Å². The Bertz CT molecular complexity index is 419. The van der Waals surface area contributed by atoms with Crippen LogP contribution in [0.3, 0.4) is 0 Å². The fourth-order valence-electron chi connectivity index (χ4n) is 1.75. The van der Waals surface area contributed by atoms with Crippen LogP contribution in [-0.4, -0.2) is 0 Å². The summed E-state index contributed by atoms with van der Waals surface area (Å²) in [6, 6.07) is 7.76. The first-order chi connectivity index (χ1) is 9.65. The molecule has 0 radical (unpaired) electrons. The molecule has 1 rings (SSSR count). The van der Waals surface area contributed by atoms with Crippen LogP contribution < -0.4 is 9.47 Å². The number of ether oxygens (including phenoxy) is 2. The molecule has 0 bridgehead atoms. The van der Waals surface area contributed by atoms with Crippen molar-refractivity contribution in [3.8, 4) is 11.5 Å². The van der Waals surface area contributed by atoms with Gasteiger partial charge in [-0.1, -0.05) is 32.8 Å². The molecule has 0 saturated carbocycles. The Kier molecular flexibility index (Phi) is 7.56. The largest absolute Gasteiger partial charge is 0.462 e. The van der Waals surface area contributed by atoms with Crippen molar-refractivity contribution in [1.82, 2.24) is 0 Å². The fourth-order valence-corrected chi connectivity index (χ4v) is 1.75. The topological polar surface area (TPSA) is 18.5 Å². The molecule has 110 valence electrons. The molecule has 0 N–H and O–H groups in total. The van der Waals surface area contributed by atoms with Crippen molar-refractivity contribution in [2.45, 2.75) is 53.4 Å². The van der Waals surface area contributed by atoms with Gasteiger partial charge in [0.2, 0.25) is 0 Å². The Hall–Kier alpha value is -1.70. The Balaban J connectivity index is 2.66. The van der Waals surface area contributed by atoms with Crippen molar-refractivity contribution in [1.29, 1.82) is 0 Å². The monoisotopic (exact) mass is 274 g/mol. The summed E-state index contributed by atoms with van der Waals surface area (Å²) in [6.07, 6.45) is 8.57. The Morgan fingerprint density at radius 2 is 1.35 bits per heavy atom. The van der Waals surface area contributed by atoms with Gasteiger partial charge in [-0.25, -0.2) is 0 Å². The van der Waals surface area contributed by atoms with Crippen LogP contribution >= 0.6 is 0 Å². The lowest BCUT2D eigenvalue weighted by molar-refractivity contribution is 0.405. The summed E-state index contributed by atoms with van der Waals surface area (Å²) in [5, 5.41) is 0. The highest BCUT2D eigenvalue weighted by molar-refractivity contribution is 5.34. The van der Waals surface area contributed by atoms with Gasteiger partial charge in [-0.15, -0.1) is 0 Å². The average Bonchev–Trinajstić information content (AvgIpc) is 2.43. The lowest BCUT2D eigenvalue weighted by atomic mass is 10.3. The maximum Gasteiger partial charge on any atom is 0.130 e. The van der Waals surface area contributed by atoms with Gasteiger partial charge in [-0.2, -0.15) is 0 Å². The third-order valence-electron chi connectivity index (χ3n) is 2.80. The molecule has 0 spiro atoms. The lowest BCUT2D eigenvalue weighted by Crippen LogP contribution is -1.94. The third kappa shape index (κ3) is 6.46. The van der Waals surface area contributed by atoms with Crippen molar-refractivity contribution < 1.29 is 9.47 Å². The van der Waals surface area contributed by atoms with Gasteiger partial charge in [-0.05, 0) is 51.0 Å². The summed E-state index contributed by atoms with van der Waals surface area (Å²) in [5.74, 6) is 3.50. The van der Waals surface area contributed by atoms with Crippen LogP contribution in [0, 0.1) is 0 Å². The van der Waals surface area contributed by atoms with Crippen molar-refractivity contribution in [3.63, 3.8) is 0 Å². The number of rotatable bonds is 8. The summed E-state index contributed by atoms with van der Waals surface area (Å²) < 4.78 is 11.6. The zero-order chi connectivity index (χ0) is 14.8. The lowest BCUT2D eigenvalue weighted by Gasteiger charge is -2.09.